The third-order valence-corrected chi connectivity index (χ3v) is 7.62. The number of hydrogen-bond donors (Lipinski definition) is 0. The number of nitrogens with zero attached hydrogens (tertiary/aromatic N) is 3. The number of carbonyl (C=O) groups excluding carboxylic acids is 1. The van der Waals surface area contributed by atoms with Crippen LogP contribution in [0.1, 0.15) is 34.1 Å². The van der Waals surface area contributed by atoms with Gasteiger partial charge in [-0.1, -0.05) is 40.9 Å². The molecule has 0 spiro atoms. The van der Waals surface area contributed by atoms with E-state index in [2.05, 4.69) is 4.37 Å². The molecule has 1 aromatic carbocycles. The van der Waals surface area contributed by atoms with Gasteiger partial charge in [-0.3, -0.25) is 4.79 Å². The summed E-state index contributed by atoms with van der Waals surface area (Å²) in [6.07, 6.45) is 1.77. The fraction of sp³-hybridized carbons (Fsp3) is 0.278. The highest BCUT2D eigenvalue weighted by Crippen LogP contribution is 2.39. The molecule has 1 fully saturated rings. The second-order valence-corrected chi connectivity index (χ2v) is 9.10. The van der Waals surface area contributed by atoms with Gasteiger partial charge in [0, 0.05) is 35.0 Å². The van der Waals surface area contributed by atoms with Gasteiger partial charge in [-0.05, 0) is 42.6 Å². The van der Waals surface area contributed by atoms with Crippen molar-refractivity contribution in [2.24, 2.45) is 0 Å². The first kappa shape index (κ1) is 19.2. The molecule has 3 heterocycles. The molecule has 2 aromatic heterocycles. The van der Waals surface area contributed by atoms with Crippen LogP contribution in [0.2, 0.25) is 15.2 Å². The summed E-state index contributed by atoms with van der Waals surface area (Å²) in [7, 11) is 0. The Morgan fingerprint density at radius 2 is 1.96 bits per heavy atom. The summed E-state index contributed by atoms with van der Waals surface area (Å²) in [5.74, 6) is 0.371. The van der Waals surface area contributed by atoms with Crippen LogP contribution in [-0.4, -0.2) is 33.3 Å². The van der Waals surface area contributed by atoms with E-state index < -0.39 is 0 Å². The molecule has 4 nitrogen and oxygen atoms in total. The van der Waals surface area contributed by atoms with E-state index in [-0.39, 0.29) is 5.91 Å². The van der Waals surface area contributed by atoms with Gasteiger partial charge in [0.2, 0.25) is 0 Å². The van der Waals surface area contributed by atoms with E-state index in [1.807, 2.05) is 10.3 Å². The molecule has 1 saturated heterocycles. The van der Waals surface area contributed by atoms with Crippen molar-refractivity contribution in [3.05, 3.63) is 55.4 Å². The fourth-order valence-electron chi connectivity index (χ4n) is 3.13. The molecule has 0 atom stereocenters. The van der Waals surface area contributed by atoms with Crippen LogP contribution in [0.5, 0.6) is 0 Å². The Morgan fingerprint density at radius 1 is 1.19 bits per heavy atom. The van der Waals surface area contributed by atoms with Crippen LogP contribution in [0.3, 0.4) is 0 Å². The second-order valence-electron chi connectivity index (χ2n) is 6.26. The Bertz CT molecular complexity index is 980. The molecule has 0 radical (unpaired) electrons. The minimum absolute atomic E-state index is 0.0295. The number of halogens is 3. The maximum atomic E-state index is 12.6. The average molecular weight is 459 g/mol. The predicted molar refractivity (Wildman–Crippen MR) is 113 cm³/mol. The van der Waals surface area contributed by atoms with Gasteiger partial charge >= 0.3 is 0 Å². The highest BCUT2D eigenvalue weighted by molar-refractivity contribution is 7.12. The lowest BCUT2D eigenvalue weighted by molar-refractivity contribution is 0.0713. The molecule has 1 amide bonds. The minimum atomic E-state index is 0.0295. The lowest BCUT2D eigenvalue weighted by Crippen LogP contribution is -2.37. The SMILES string of the molecule is O=C(c1cccc(Cl)c1)N1CCC(c2nc(-c3snc(Cl)c3Cl)cs2)CC1. The molecule has 4 rings (SSSR count). The third kappa shape index (κ3) is 4.00. The topological polar surface area (TPSA) is 46.1 Å². The van der Waals surface area contributed by atoms with Gasteiger partial charge in [-0.15, -0.1) is 11.3 Å². The molecule has 0 aliphatic carbocycles. The maximum absolute atomic E-state index is 12.6. The van der Waals surface area contributed by atoms with Gasteiger partial charge in [0.05, 0.1) is 20.6 Å². The number of hydrogen-bond acceptors (Lipinski definition) is 5. The third-order valence-electron chi connectivity index (χ3n) is 4.56. The van der Waals surface area contributed by atoms with E-state index >= 15 is 0 Å². The van der Waals surface area contributed by atoms with Crippen LogP contribution in [-0.2, 0) is 0 Å². The van der Waals surface area contributed by atoms with E-state index in [1.54, 1.807) is 35.6 Å². The Balaban J connectivity index is 1.42. The van der Waals surface area contributed by atoms with Crippen molar-refractivity contribution in [3.8, 4) is 10.6 Å². The van der Waals surface area contributed by atoms with Crippen LogP contribution in [0, 0.1) is 0 Å². The number of carbonyl (C=O) groups is 1. The van der Waals surface area contributed by atoms with Crippen LogP contribution >= 0.6 is 57.7 Å². The van der Waals surface area contributed by atoms with Crippen molar-refractivity contribution < 1.29 is 4.79 Å². The monoisotopic (exact) mass is 457 g/mol. The van der Waals surface area contributed by atoms with E-state index in [9.17, 15) is 4.79 Å². The van der Waals surface area contributed by atoms with Gasteiger partial charge in [-0.2, -0.15) is 4.37 Å². The normalized spacial score (nSPS) is 15.3. The first-order valence-corrected chi connectivity index (χ1v) is 11.1. The summed E-state index contributed by atoms with van der Waals surface area (Å²) in [5, 5.41) is 4.42. The quantitative estimate of drug-likeness (QED) is 0.466. The van der Waals surface area contributed by atoms with Gasteiger partial charge in [0.1, 0.15) is 0 Å². The standard InChI is InChI=1S/C18H14Cl3N3OS2/c19-12-3-1-2-11(8-12)18(25)24-6-4-10(5-7-24)17-22-13(9-26-17)15-14(20)16(21)23-27-15/h1-3,8-10H,4-7H2. The molecular formula is C18H14Cl3N3OS2. The first-order chi connectivity index (χ1) is 13.0. The first-order valence-electron chi connectivity index (χ1n) is 8.34. The molecule has 0 saturated carbocycles. The highest BCUT2D eigenvalue weighted by Gasteiger charge is 2.27. The molecule has 1 aliphatic heterocycles. The Morgan fingerprint density at radius 3 is 2.63 bits per heavy atom. The van der Waals surface area contributed by atoms with Crippen LogP contribution in [0.25, 0.3) is 10.6 Å². The summed E-state index contributed by atoms with van der Waals surface area (Å²) >= 11 is 21.0. The maximum Gasteiger partial charge on any atom is 0.253 e. The zero-order chi connectivity index (χ0) is 19.0. The molecule has 0 unspecified atom stereocenters. The molecule has 1 aliphatic rings. The van der Waals surface area contributed by atoms with E-state index in [0.717, 1.165) is 28.4 Å². The van der Waals surface area contributed by atoms with Crippen LogP contribution in [0.4, 0.5) is 0 Å². The van der Waals surface area contributed by atoms with Gasteiger partial charge < -0.3 is 4.90 Å². The van der Waals surface area contributed by atoms with Gasteiger partial charge in [-0.25, -0.2) is 4.98 Å². The van der Waals surface area contributed by atoms with Crippen molar-refractivity contribution in [1.82, 2.24) is 14.3 Å². The molecule has 0 N–H and O–H groups in total. The molecular weight excluding hydrogens is 445 g/mol. The number of likely N-dealkylation sites (tertiary alicyclic amines) is 1. The summed E-state index contributed by atoms with van der Waals surface area (Å²) < 4.78 is 4.06. The molecule has 140 valence electrons. The van der Waals surface area contributed by atoms with Crippen molar-refractivity contribution in [2.45, 2.75) is 18.8 Å². The molecule has 0 bridgehead atoms. The van der Waals surface area contributed by atoms with Crippen LogP contribution in [0.15, 0.2) is 29.6 Å². The van der Waals surface area contributed by atoms with E-state index in [4.69, 9.17) is 39.8 Å². The summed E-state index contributed by atoms with van der Waals surface area (Å²) in [6.45, 7) is 1.41. The van der Waals surface area contributed by atoms with Crippen molar-refractivity contribution in [2.75, 3.05) is 13.1 Å². The molecule has 27 heavy (non-hydrogen) atoms. The fourth-order valence-corrected chi connectivity index (χ4v) is 5.56. The Labute approximate surface area is 179 Å². The lowest BCUT2D eigenvalue weighted by Gasteiger charge is -2.31. The molecule has 3 aromatic rings. The van der Waals surface area contributed by atoms with Gasteiger partial charge in [0.15, 0.2) is 5.15 Å². The molecule has 9 heteroatoms. The van der Waals surface area contributed by atoms with Crippen LogP contribution < -0.4 is 0 Å². The predicted octanol–water partition coefficient (Wildman–Crippen LogP) is 6.25. The van der Waals surface area contributed by atoms with Crippen molar-refractivity contribution >= 4 is 63.6 Å². The largest absolute Gasteiger partial charge is 0.339 e. The lowest BCUT2D eigenvalue weighted by atomic mass is 9.97. The summed E-state index contributed by atoms with van der Waals surface area (Å²) in [4.78, 5) is 20.1. The number of piperidine rings is 1. The Kier molecular flexibility index (Phi) is 5.71. The Hall–Kier alpha value is -1.18. The van der Waals surface area contributed by atoms with E-state index in [1.165, 1.54) is 11.5 Å². The van der Waals surface area contributed by atoms with Crippen molar-refractivity contribution in [1.29, 1.82) is 0 Å². The van der Waals surface area contributed by atoms with Gasteiger partial charge in [0.25, 0.3) is 5.91 Å². The average Bonchev–Trinajstić information content (AvgIpc) is 3.29. The summed E-state index contributed by atoms with van der Waals surface area (Å²) in [5.41, 5.74) is 1.45. The number of benzene rings is 1. The second kappa shape index (κ2) is 8.05. The van der Waals surface area contributed by atoms with E-state index in [0.29, 0.717) is 39.8 Å². The number of thiazole rings is 1. The zero-order valence-corrected chi connectivity index (χ0v) is 17.9. The summed E-state index contributed by atoms with van der Waals surface area (Å²) in [6, 6.07) is 7.09. The number of rotatable bonds is 3. The smallest absolute Gasteiger partial charge is 0.253 e. The number of aromatic nitrogens is 2. The van der Waals surface area contributed by atoms with Crippen molar-refractivity contribution in [3.63, 3.8) is 0 Å². The number of amides is 1. The zero-order valence-electron chi connectivity index (χ0n) is 14.0. The minimum Gasteiger partial charge on any atom is -0.339 e. The highest BCUT2D eigenvalue weighted by atomic mass is 35.5.